The lowest BCUT2D eigenvalue weighted by molar-refractivity contribution is -0.143. The molecular formula is C19H17F6NO3. The highest BCUT2D eigenvalue weighted by atomic mass is 19.4. The lowest BCUT2D eigenvalue weighted by Gasteiger charge is -2.15. The summed E-state index contributed by atoms with van der Waals surface area (Å²) in [7, 11) is 1.50. The molecule has 1 amide bonds. The normalized spacial score (nSPS) is 11.8. The molecule has 158 valence electrons. The maximum Gasteiger partial charge on any atom is 0.416 e. The van der Waals surface area contributed by atoms with Crippen molar-refractivity contribution in [2.45, 2.75) is 18.8 Å². The summed E-state index contributed by atoms with van der Waals surface area (Å²) in [4.78, 5) is 11.8. The van der Waals surface area contributed by atoms with Gasteiger partial charge < -0.3 is 14.8 Å². The molecule has 0 bridgehead atoms. The van der Waals surface area contributed by atoms with Crippen molar-refractivity contribution in [1.82, 2.24) is 5.32 Å². The summed E-state index contributed by atoms with van der Waals surface area (Å²) < 4.78 is 86.9. The third-order valence-electron chi connectivity index (χ3n) is 3.84. The first-order chi connectivity index (χ1) is 13.5. The average Bonchev–Trinajstić information content (AvgIpc) is 2.65. The van der Waals surface area contributed by atoms with Crippen molar-refractivity contribution < 1.29 is 40.6 Å². The third kappa shape index (κ3) is 6.58. The van der Waals surface area contributed by atoms with Crippen LogP contribution in [0.4, 0.5) is 26.3 Å². The Labute approximate surface area is 162 Å². The molecule has 2 rings (SSSR count). The second-order valence-electron chi connectivity index (χ2n) is 5.94. The van der Waals surface area contributed by atoms with Crippen molar-refractivity contribution >= 4 is 5.91 Å². The minimum Gasteiger partial charge on any atom is -0.496 e. The van der Waals surface area contributed by atoms with E-state index in [0.717, 1.165) is 5.56 Å². The molecule has 0 spiro atoms. The quantitative estimate of drug-likeness (QED) is 0.672. The Kier molecular flexibility index (Phi) is 6.99. The van der Waals surface area contributed by atoms with Crippen LogP contribution < -0.4 is 14.8 Å². The van der Waals surface area contributed by atoms with Gasteiger partial charge in [0.25, 0.3) is 5.91 Å². The average molecular weight is 421 g/mol. The van der Waals surface area contributed by atoms with Gasteiger partial charge in [-0.3, -0.25) is 4.79 Å². The molecule has 4 nitrogen and oxygen atoms in total. The Morgan fingerprint density at radius 1 is 0.966 bits per heavy atom. The number of methoxy groups -OCH3 is 1. The smallest absolute Gasteiger partial charge is 0.416 e. The van der Waals surface area contributed by atoms with E-state index >= 15 is 0 Å². The Hall–Kier alpha value is -2.91. The van der Waals surface area contributed by atoms with Gasteiger partial charge in [0.2, 0.25) is 0 Å². The molecule has 1 N–H and O–H groups in total. The van der Waals surface area contributed by atoms with Crippen molar-refractivity contribution in [3.8, 4) is 11.5 Å². The minimum atomic E-state index is -4.99. The van der Waals surface area contributed by atoms with Crippen molar-refractivity contribution in [3.63, 3.8) is 0 Å². The summed E-state index contributed by atoms with van der Waals surface area (Å²) in [5.74, 6) is -0.764. The molecule has 29 heavy (non-hydrogen) atoms. The fraction of sp³-hybridized carbons (Fsp3) is 0.316. The second kappa shape index (κ2) is 9.06. The number of halogens is 6. The van der Waals surface area contributed by atoms with E-state index in [1.54, 1.807) is 24.3 Å². The standard InChI is InChI=1S/C19H17F6NO3/c1-28-16-5-3-2-4-12(16)6-7-26-17(27)11-29-15-9-13(18(20,21)22)8-14(10-15)19(23,24)25/h2-5,8-10H,6-7,11H2,1H3,(H,26,27). The highest BCUT2D eigenvalue weighted by molar-refractivity contribution is 5.77. The van der Waals surface area contributed by atoms with Crippen LogP contribution in [0, 0.1) is 0 Å². The van der Waals surface area contributed by atoms with Gasteiger partial charge in [-0.2, -0.15) is 26.3 Å². The number of amides is 1. The van der Waals surface area contributed by atoms with E-state index in [4.69, 9.17) is 9.47 Å². The van der Waals surface area contributed by atoms with Gasteiger partial charge in [0.1, 0.15) is 11.5 Å². The maximum atomic E-state index is 12.8. The molecule has 0 aliphatic carbocycles. The van der Waals surface area contributed by atoms with Crippen LogP contribution in [-0.2, 0) is 23.6 Å². The molecule has 0 heterocycles. The number of nitrogens with one attached hydrogen (secondary N) is 1. The van der Waals surface area contributed by atoms with E-state index in [-0.39, 0.29) is 12.6 Å². The first-order valence-corrected chi connectivity index (χ1v) is 8.31. The van der Waals surface area contributed by atoms with Gasteiger partial charge in [-0.15, -0.1) is 0 Å². The molecule has 0 aliphatic rings. The molecule has 0 radical (unpaired) electrons. The van der Waals surface area contributed by atoms with E-state index in [9.17, 15) is 31.1 Å². The number of benzene rings is 2. The van der Waals surface area contributed by atoms with Crippen LogP contribution in [0.25, 0.3) is 0 Å². The van der Waals surface area contributed by atoms with Crippen molar-refractivity contribution in [3.05, 3.63) is 59.2 Å². The molecule has 2 aromatic rings. The molecule has 0 aliphatic heterocycles. The van der Waals surface area contributed by atoms with Crippen LogP contribution in [0.3, 0.4) is 0 Å². The summed E-state index contributed by atoms with van der Waals surface area (Å²) in [6, 6.07) is 7.91. The number of alkyl halides is 6. The van der Waals surface area contributed by atoms with Gasteiger partial charge in [0, 0.05) is 6.54 Å². The van der Waals surface area contributed by atoms with Crippen LogP contribution in [-0.4, -0.2) is 26.2 Å². The van der Waals surface area contributed by atoms with Gasteiger partial charge in [0.15, 0.2) is 6.61 Å². The second-order valence-corrected chi connectivity index (χ2v) is 5.94. The summed E-state index contributed by atoms with van der Waals surface area (Å²) in [6.07, 6.45) is -9.57. The molecular weight excluding hydrogens is 404 g/mol. The Morgan fingerprint density at radius 2 is 1.55 bits per heavy atom. The lowest BCUT2D eigenvalue weighted by Crippen LogP contribution is -2.30. The molecule has 2 aromatic carbocycles. The lowest BCUT2D eigenvalue weighted by atomic mass is 10.1. The molecule has 0 unspecified atom stereocenters. The van der Waals surface area contributed by atoms with E-state index in [0.29, 0.717) is 24.3 Å². The van der Waals surface area contributed by atoms with Gasteiger partial charge in [-0.25, -0.2) is 0 Å². The van der Waals surface area contributed by atoms with E-state index in [2.05, 4.69) is 5.32 Å². The van der Waals surface area contributed by atoms with Crippen molar-refractivity contribution in [1.29, 1.82) is 0 Å². The number of carbonyl (C=O) groups is 1. The number of hydrogen-bond acceptors (Lipinski definition) is 3. The number of rotatable bonds is 7. The van der Waals surface area contributed by atoms with E-state index in [1.807, 2.05) is 0 Å². The number of carbonyl (C=O) groups excluding carboxylic acids is 1. The van der Waals surface area contributed by atoms with Crippen LogP contribution in [0.15, 0.2) is 42.5 Å². The zero-order chi connectivity index (χ0) is 21.7. The summed E-state index contributed by atoms with van der Waals surface area (Å²) in [5.41, 5.74) is -2.21. The predicted molar refractivity (Wildman–Crippen MR) is 91.6 cm³/mol. The van der Waals surface area contributed by atoms with E-state index in [1.165, 1.54) is 7.11 Å². The van der Waals surface area contributed by atoms with Crippen molar-refractivity contribution in [2.24, 2.45) is 0 Å². The topological polar surface area (TPSA) is 47.6 Å². The van der Waals surface area contributed by atoms with Crippen LogP contribution in [0.1, 0.15) is 16.7 Å². The zero-order valence-electron chi connectivity index (χ0n) is 15.2. The largest absolute Gasteiger partial charge is 0.496 e. The third-order valence-corrected chi connectivity index (χ3v) is 3.84. The van der Waals surface area contributed by atoms with Crippen molar-refractivity contribution in [2.75, 3.05) is 20.3 Å². The highest BCUT2D eigenvalue weighted by Gasteiger charge is 2.37. The fourth-order valence-corrected chi connectivity index (χ4v) is 2.46. The highest BCUT2D eigenvalue weighted by Crippen LogP contribution is 2.38. The van der Waals surface area contributed by atoms with Crippen LogP contribution in [0.2, 0.25) is 0 Å². The molecule has 0 aromatic heterocycles. The van der Waals surface area contributed by atoms with Gasteiger partial charge in [0.05, 0.1) is 18.2 Å². The predicted octanol–water partition coefficient (Wildman–Crippen LogP) is 4.47. The monoisotopic (exact) mass is 421 g/mol. The van der Waals surface area contributed by atoms with E-state index < -0.39 is 41.7 Å². The Bertz CT molecular complexity index is 816. The summed E-state index contributed by atoms with van der Waals surface area (Å²) in [5, 5.41) is 2.48. The summed E-state index contributed by atoms with van der Waals surface area (Å²) >= 11 is 0. The first-order valence-electron chi connectivity index (χ1n) is 8.31. The maximum absolute atomic E-state index is 12.8. The van der Waals surface area contributed by atoms with Gasteiger partial charge in [-0.05, 0) is 36.2 Å². The first kappa shape index (κ1) is 22.4. The molecule has 0 atom stereocenters. The fourth-order valence-electron chi connectivity index (χ4n) is 2.46. The number of para-hydroxylation sites is 1. The SMILES string of the molecule is COc1ccccc1CCNC(=O)COc1cc(C(F)(F)F)cc(C(F)(F)F)c1. The Balaban J connectivity index is 1.97. The minimum absolute atomic E-state index is 0.0137. The zero-order valence-corrected chi connectivity index (χ0v) is 15.2. The molecule has 0 saturated carbocycles. The molecule has 0 fully saturated rings. The summed E-state index contributed by atoms with van der Waals surface area (Å²) in [6.45, 7) is -0.552. The van der Waals surface area contributed by atoms with Crippen LogP contribution in [0.5, 0.6) is 11.5 Å². The van der Waals surface area contributed by atoms with Crippen LogP contribution >= 0.6 is 0 Å². The van der Waals surface area contributed by atoms with Gasteiger partial charge >= 0.3 is 12.4 Å². The number of hydrogen-bond donors (Lipinski definition) is 1. The Morgan fingerprint density at radius 3 is 2.10 bits per heavy atom. The molecule has 10 heteroatoms. The van der Waals surface area contributed by atoms with Gasteiger partial charge in [-0.1, -0.05) is 18.2 Å². The molecule has 0 saturated heterocycles. The number of ether oxygens (including phenoxy) is 2.